The Balaban J connectivity index is 1.64. The number of hydrazone groups is 1. The number of carbonyl (C=O) groups is 1. The molecule has 0 atom stereocenters. The Kier molecular flexibility index (Phi) is 6.72. The van der Waals surface area contributed by atoms with Crippen molar-refractivity contribution < 1.29 is 14.6 Å². The van der Waals surface area contributed by atoms with E-state index in [-0.39, 0.29) is 17.4 Å². The zero-order valence-electron chi connectivity index (χ0n) is 16.6. The minimum atomic E-state index is -0.234. The van der Waals surface area contributed by atoms with Crippen molar-refractivity contribution >= 4 is 34.8 Å². The molecule has 1 amide bonds. The second kappa shape index (κ2) is 9.43. The molecule has 0 spiro atoms. The number of carbonyl (C=O) groups excluding carboxylic acids is 1. The molecule has 0 aliphatic heterocycles. The predicted molar refractivity (Wildman–Crippen MR) is 117 cm³/mol. The fourth-order valence-corrected chi connectivity index (χ4v) is 3.79. The van der Waals surface area contributed by atoms with E-state index in [2.05, 4.69) is 15.5 Å². The van der Waals surface area contributed by atoms with Gasteiger partial charge < -0.3 is 9.84 Å². The van der Waals surface area contributed by atoms with Gasteiger partial charge in [0.15, 0.2) is 11.5 Å². The smallest absolute Gasteiger partial charge is 0.250 e. The summed E-state index contributed by atoms with van der Waals surface area (Å²) in [7, 11) is 0. The molecule has 2 aromatic carbocycles. The third-order valence-electron chi connectivity index (χ3n) is 4.21. The Labute approximate surface area is 174 Å². The maximum absolute atomic E-state index is 12.2. The van der Waals surface area contributed by atoms with Gasteiger partial charge in [-0.25, -0.2) is 5.43 Å². The zero-order valence-corrected chi connectivity index (χ0v) is 17.4. The number of amides is 1. The Morgan fingerprint density at radius 1 is 1.28 bits per heavy atom. The first-order chi connectivity index (χ1) is 14.0. The van der Waals surface area contributed by atoms with Crippen LogP contribution in [0.3, 0.4) is 0 Å². The number of fused-ring (bicyclic) bond motifs is 1. The van der Waals surface area contributed by atoms with Crippen molar-refractivity contribution in [2.75, 3.05) is 12.4 Å². The molecule has 29 heavy (non-hydrogen) atoms. The number of ether oxygens (including phenoxy) is 1. The van der Waals surface area contributed by atoms with Crippen molar-refractivity contribution in [3.05, 3.63) is 59.3 Å². The van der Waals surface area contributed by atoms with Gasteiger partial charge in [0.25, 0.3) is 0 Å². The fourth-order valence-electron chi connectivity index (χ4n) is 2.87. The third kappa shape index (κ3) is 5.06. The highest BCUT2D eigenvalue weighted by Gasteiger charge is 2.09. The summed E-state index contributed by atoms with van der Waals surface area (Å²) in [5.41, 5.74) is 5.94. The third-order valence-corrected chi connectivity index (χ3v) is 5.27. The van der Waals surface area contributed by atoms with Gasteiger partial charge in [-0.3, -0.25) is 9.78 Å². The van der Waals surface area contributed by atoms with Crippen LogP contribution in [0.5, 0.6) is 11.5 Å². The van der Waals surface area contributed by atoms with Gasteiger partial charge in [-0.15, -0.1) is 11.8 Å². The van der Waals surface area contributed by atoms with Crippen LogP contribution in [0.2, 0.25) is 0 Å². The van der Waals surface area contributed by atoms with Crippen LogP contribution in [0.25, 0.3) is 10.9 Å². The number of rotatable bonds is 7. The molecule has 6 nitrogen and oxygen atoms in total. The summed E-state index contributed by atoms with van der Waals surface area (Å²) in [6, 6.07) is 13.1. The first-order valence-electron chi connectivity index (χ1n) is 9.26. The minimum Gasteiger partial charge on any atom is -0.504 e. The van der Waals surface area contributed by atoms with E-state index in [1.807, 2.05) is 45.0 Å². The Hall–Kier alpha value is -3.06. The summed E-state index contributed by atoms with van der Waals surface area (Å²) in [6.07, 6.45) is 1.40. The number of para-hydroxylation sites is 2. The van der Waals surface area contributed by atoms with E-state index in [9.17, 15) is 9.90 Å². The number of aryl methyl sites for hydroxylation is 2. The van der Waals surface area contributed by atoms with Crippen molar-refractivity contribution in [2.24, 2.45) is 5.10 Å². The Morgan fingerprint density at radius 2 is 2.07 bits per heavy atom. The number of phenolic OH excluding ortho intramolecular Hbond substituents is 1. The molecule has 150 valence electrons. The SMILES string of the molecule is CCOc1cccc(C=NNC(=O)CSc2cc(C)nc3c(C)cccc23)c1O. The predicted octanol–water partition coefficient (Wildman–Crippen LogP) is 4.20. The van der Waals surface area contributed by atoms with Crippen LogP contribution < -0.4 is 10.2 Å². The van der Waals surface area contributed by atoms with Crippen molar-refractivity contribution in [3.63, 3.8) is 0 Å². The molecule has 0 aliphatic carbocycles. The topological polar surface area (TPSA) is 83.8 Å². The Morgan fingerprint density at radius 3 is 2.86 bits per heavy atom. The molecule has 0 saturated carbocycles. The van der Waals surface area contributed by atoms with Crippen LogP contribution in [0.4, 0.5) is 0 Å². The number of benzene rings is 2. The maximum Gasteiger partial charge on any atom is 0.250 e. The van der Waals surface area contributed by atoms with Crippen molar-refractivity contribution in [1.29, 1.82) is 0 Å². The molecule has 7 heteroatoms. The van der Waals surface area contributed by atoms with Crippen LogP contribution in [-0.2, 0) is 4.79 Å². The molecule has 3 rings (SSSR count). The molecule has 0 fully saturated rings. The van der Waals surface area contributed by atoms with Gasteiger partial charge in [0.05, 0.1) is 24.1 Å². The lowest BCUT2D eigenvalue weighted by Gasteiger charge is -2.09. The van der Waals surface area contributed by atoms with E-state index in [1.165, 1.54) is 18.0 Å². The van der Waals surface area contributed by atoms with Crippen LogP contribution in [0.15, 0.2) is 52.5 Å². The number of hydrogen-bond donors (Lipinski definition) is 2. The van der Waals surface area contributed by atoms with Crippen LogP contribution in [0, 0.1) is 13.8 Å². The fraction of sp³-hybridized carbons (Fsp3) is 0.227. The van der Waals surface area contributed by atoms with Gasteiger partial charge in [0, 0.05) is 21.5 Å². The van der Waals surface area contributed by atoms with Gasteiger partial charge in [-0.1, -0.05) is 24.3 Å². The molecule has 0 aliphatic rings. The summed E-state index contributed by atoms with van der Waals surface area (Å²) in [5, 5.41) is 15.1. The summed E-state index contributed by atoms with van der Waals surface area (Å²) in [4.78, 5) is 17.8. The summed E-state index contributed by atoms with van der Waals surface area (Å²) in [5.74, 6) is 0.362. The first kappa shape index (κ1) is 20.7. The number of thioether (sulfide) groups is 1. The molecular formula is C22H23N3O3S. The largest absolute Gasteiger partial charge is 0.504 e. The van der Waals surface area contributed by atoms with Crippen molar-refractivity contribution in [2.45, 2.75) is 25.7 Å². The quantitative estimate of drug-likeness (QED) is 0.347. The van der Waals surface area contributed by atoms with Crippen LogP contribution in [0.1, 0.15) is 23.7 Å². The number of aromatic hydroxyl groups is 1. The molecule has 3 aromatic rings. The minimum absolute atomic E-state index is 0.00387. The normalized spacial score (nSPS) is 11.1. The number of phenols is 1. The molecule has 0 radical (unpaired) electrons. The number of aromatic nitrogens is 1. The molecule has 1 aromatic heterocycles. The lowest BCUT2D eigenvalue weighted by Crippen LogP contribution is -2.19. The number of nitrogens with one attached hydrogen (secondary N) is 1. The average molecular weight is 410 g/mol. The van der Waals surface area contributed by atoms with Gasteiger partial charge in [-0.2, -0.15) is 5.10 Å². The second-order valence-corrected chi connectivity index (χ2v) is 7.46. The van der Waals surface area contributed by atoms with E-state index >= 15 is 0 Å². The molecule has 0 bridgehead atoms. The first-order valence-corrected chi connectivity index (χ1v) is 10.2. The van der Waals surface area contributed by atoms with E-state index in [1.54, 1.807) is 18.2 Å². The average Bonchev–Trinajstić information content (AvgIpc) is 2.70. The number of pyridine rings is 1. The summed E-state index contributed by atoms with van der Waals surface area (Å²) < 4.78 is 5.34. The van der Waals surface area contributed by atoms with E-state index in [0.29, 0.717) is 17.9 Å². The number of nitrogens with zero attached hydrogens (tertiary/aromatic N) is 2. The maximum atomic E-state index is 12.2. The molecule has 1 heterocycles. The number of hydrogen-bond acceptors (Lipinski definition) is 6. The van der Waals surface area contributed by atoms with Gasteiger partial charge in [0.2, 0.25) is 5.91 Å². The molecular weight excluding hydrogens is 386 g/mol. The zero-order chi connectivity index (χ0) is 20.8. The highest BCUT2D eigenvalue weighted by molar-refractivity contribution is 8.00. The van der Waals surface area contributed by atoms with E-state index < -0.39 is 0 Å². The van der Waals surface area contributed by atoms with Crippen molar-refractivity contribution in [1.82, 2.24) is 10.4 Å². The standard InChI is InChI=1S/C22H23N3O3S/c1-4-28-18-10-6-8-16(22(18)27)12-23-25-20(26)13-29-19-11-15(3)24-21-14(2)7-5-9-17(19)21/h5-12,27H,4,13H2,1-3H3,(H,25,26). The highest BCUT2D eigenvalue weighted by Crippen LogP contribution is 2.30. The van der Waals surface area contributed by atoms with E-state index in [0.717, 1.165) is 27.1 Å². The van der Waals surface area contributed by atoms with Crippen LogP contribution >= 0.6 is 11.8 Å². The van der Waals surface area contributed by atoms with Gasteiger partial charge in [0.1, 0.15) is 0 Å². The van der Waals surface area contributed by atoms with E-state index in [4.69, 9.17) is 4.74 Å². The van der Waals surface area contributed by atoms with Crippen molar-refractivity contribution in [3.8, 4) is 11.5 Å². The Bertz CT molecular complexity index is 1070. The molecule has 0 unspecified atom stereocenters. The highest BCUT2D eigenvalue weighted by atomic mass is 32.2. The van der Waals surface area contributed by atoms with Gasteiger partial charge in [-0.05, 0) is 44.5 Å². The summed E-state index contributed by atoms with van der Waals surface area (Å²) >= 11 is 1.44. The molecule has 2 N–H and O–H groups in total. The van der Waals surface area contributed by atoms with Gasteiger partial charge >= 0.3 is 0 Å². The lowest BCUT2D eigenvalue weighted by molar-refractivity contribution is -0.118. The summed E-state index contributed by atoms with van der Waals surface area (Å²) in [6.45, 7) is 6.27. The molecule has 0 saturated heterocycles. The monoisotopic (exact) mass is 409 g/mol. The second-order valence-electron chi connectivity index (χ2n) is 6.44. The van der Waals surface area contributed by atoms with Crippen LogP contribution in [-0.4, -0.2) is 34.6 Å². The lowest BCUT2D eigenvalue weighted by atomic mass is 10.1.